The molecule has 2 aliphatic rings. The zero-order valence-corrected chi connectivity index (χ0v) is 5.00. The van der Waals surface area contributed by atoms with Gasteiger partial charge in [-0.05, 0) is 6.42 Å². The fourth-order valence-corrected chi connectivity index (χ4v) is 1.61. The summed E-state index contributed by atoms with van der Waals surface area (Å²) in [5.74, 6) is 0.332. The fourth-order valence-electron chi connectivity index (χ4n) is 1.61. The molecule has 0 spiro atoms. The number of hydrogen-bond acceptors (Lipinski definition) is 2. The van der Waals surface area contributed by atoms with Gasteiger partial charge in [0.1, 0.15) is 0 Å². The van der Waals surface area contributed by atoms with Crippen LogP contribution in [0, 0.1) is 5.92 Å². The molecule has 3 nitrogen and oxygen atoms in total. The van der Waals surface area contributed by atoms with Gasteiger partial charge in [-0.25, -0.2) is 0 Å². The standard InChI is InChI=1S/C6H9NO2/c8-5-2-4-3(5)1-6(9)7-4/h3-5,8H,1-2H2,(H,7,9)/t3-,4-,5-/m1/s1. The van der Waals surface area contributed by atoms with E-state index >= 15 is 0 Å². The molecule has 1 aliphatic carbocycles. The molecule has 50 valence electrons. The second-order valence-corrected chi connectivity index (χ2v) is 2.85. The van der Waals surface area contributed by atoms with E-state index in [0.29, 0.717) is 12.5 Å². The number of fused-ring (bicyclic) bond motifs is 1. The third-order valence-electron chi connectivity index (χ3n) is 2.27. The quantitative estimate of drug-likeness (QED) is 0.450. The molecule has 0 aromatic rings. The lowest BCUT2D eigenvalue weighted by molar-refractivity contribution is -0.119. The van der Waals surface area contributed by atoms with Crippen LogP contribution in [-0.4, -0.2) is 23.2 Å². The molecule has 2 N–H and O–H groups in total. The zero-order chi connectivity index (χ0) is 6.43. The average Bonchev–Trinajstić information content (AvgIpc) is 2.08. The monoisotopic (exact) mass is 127 g/mol. The van der Waals surface area contributed by atoms with Crippen LogP contribution in [0.5, 0.6) is 0 Å². The highest BCUT2D eigenvalue weighted by atomic mass is 16.3. The molecule has 3 atom stereocenters. The van der Waals surface area contributed by atoms with Crippen molar-refractivity contribution >= 4 is 5.91 Å². The summed E-state index contributed by atoms with van der Waals surface area (Å²) in [5, 5.41) is 11.8. The SMILES string of the molecule is O=C1C[C@H]2[C@H](O)C[C@H]2N1. The lowest BCUT2D eigenvalue weighted by atomic mass is 9.78. The van der Waals surface area contributed by atoms with Crippen molar-refractivity contribution in [3.05, 3.63) is 0 Å². The van der Waals surface area contributed by atoms with E-state index in [-0.39, 0.29) is 17.9 Å². The summed E-state index contributed by atoms with van der Waals surface area (Å²) in [5.41, 5.74) is 0. The molecule has 2 rings (SSSR count). The molecule has 0 bridgehead atoms. The second-order valence-electron chi connectivity index (χ2n) is 2.85. The summed E-state index contributed by atoms with van der Waals surface area (Å²) in [6, 6.07) is 0.299. The summed E-state index contributed by atoms with van der Waals surface area (Å²) in [6.45, 7) is 0. The zero-order valence-electron chi connectivity index (χ0n) is 5.00. The van der Waals surface area contributed by atoms with Crippen molar-refractivity contribution in [2.45, 2.75) is 25.0 Å². The Morgan fingerprint density at radius 3 is 2.89 bits per heavy atom. The van der Waals surface area contributed by atoms with E-state index in [1.54, 1.807) is 0 Å². The van der Waals surface area contributed by atoms with Crippen molar-refractivity contribution in [3.8, 4) is 0 Å². The third-order valence-corrected chi connectivity index (χ3v) is 2.27. The van der Waals surface area contributed by atoms with Crippen LogP contribution in [0.25, 0.3) is 0 Å². The van der Waals surface area contributed by atoms with Crippen LogP contribution in [0.15, 0.2) is 0 Å². The van der Waals surface area contributed by atoms with Crippen molar-refractivity contribution in [3.63, 3.8) is 0 Å². The molecule has 1 saturated carbocycles. The molecule has 3 heteroatoms. The van der Waals surface area contributed by atoms with E-state index in [1.165, 1.54) is 0 Å². The number of rotatable bonds is 0. The maximum Gasteiger partial charge on any atom is 0.220 e. The predicted molar refractivity (Wildman–Crippen MR) is 30.7 cm³/mol. The summed E-state index contributed by atoms with van der Waals surface area (Å²) in [6.07, 6.45) is 1.08. The molecule has 0 aromatic heterocycles. The van der Waals surface area contributed by atoms with Crippen molar-refractivity contribution in [2.24, 2.45) is 5.92 Å². The smallest absolute Gasteiger partial charge is 0.220 e. The summed E-state index contributed by atoms with van der Waals surface area (Å²) in [7, 11) is 0. The lowest BCUT2D eigenvalue weighted by Gasteiger charge is -2.34. The normalized spacial score (nSPS) is 47.7. The topological polar surface area (TPSA) is 49.3 Å². The summed E-state index contributed by atoms with van der Waals surface area (Å²) >= 11 is 0. The van der Waals surface area contributed by atoms with Crippen molar-refractivity contribution < 1.29 is 9.90 Å². The molecule has 1 aliphatic heterocycles. The Labute approximate surface area is 53.1 Å². The van der Waals surface area contributed by atoms with Gasteiger partial charge in [-0.2, -0.15) is 0 Å². The molecule has 1 saturated heterocycles. The van der Waals surface area contributed by atoms with E-state index in [4.69, 9.17) is 5.11 Å². The maximum atomic E-state index is 10.6. The van der Waals surface area contributed by atoms with Gasteiger partial charge in [0.05, 0.1) is 6.10 Å². The van der Waals surface area contributed by atoms with Crippen molar-refractivity contribution in [1.29, 1.82) is 0 Å². The van der Waals surface area contributed by atoms with Gasteiger partial charge in [0, 0.05) is 18.4 Å². The van der Waals surface area contributed by atoms with Crippen LogP contribution in [0.4, 0.5) is 0 Å². The molecular formula is C6H9NO2. The minimum absolute atomic E-state index is 0.0987. The lowest BCUT2D eigenvalue weighted by Crippen LogP contribution is -2.47. The molecule has 0 radical (unpaired) electrons. The number of carbonyl (C=O) groups is 1. The van der Waals surface area contributed by atoms with Gasteiger partial charge < -0.3 is 10.4 Å². The van der Waals surface area contributed by atoms with Crippen molar-refractivity contribution in [2.75, 3.05) is 0 Å². The average molecular weight is 127 g/mol. The maximum absolute atomic E-state index is 10.6. The highest BCUT2D eigenvalue weighted by Crippen LogP contribution is 2.34. The van der Waals surface area contributed by atoms with Gasteiger partial charge in [-0.1, -0.05) is 0 Å². The second kappa shape index (κ2) is 1.48. The minimum atomic E-state index is -0.214. The van der Waals surface area contributed by atoms with Gasteiger partial charge in [0.2, 0.25) is 5.91 Å². The number of hydrogen-bond donors (Lipinski definition) is 2. The van der Waals surface area contributed by atoms with Crippen LogP contribution in [0.1, 0.15) is 12.8 Å². The molecule has 1 amide bonds. The number of aliphatic hydroxyl groups is 1. The Bertz CT molecular complexity index is 157. The molecule has 0 unspecified atom stereocenters. The Balaban J connectivity index is 2.08. The molecule has 1 heterocycles. The first-order valence-corrected chi connectivity index (χ1v) is 3.25. The number of aliphatic hydroxyl groups excluding tert-OH is 1. The highest BCUT2D eigenvalue weighted by Gasteiger charge is 2.46. The Morgan fingerprint density at radius 1 is 1.67 bits per heavy atom. The van der Waals surface area contributed by atoms with Gasteiger partial charge in [0.15, 0.2) is 0 Å². The van der Waals surface area contributed by atoms with E-state index in [1.807, 2.05) is 0 Å². The Kier molecular flexibility index (Phi) is 0.858. The van der Waals surface area contributed by atoms with E-state index in [9.17, 15) is 4.79 Å². The predicted octanol–water partition coefficient (Wildman–Crippen LogP) is -0.744. The third kappa shape index (κ3) is 0.580. The van der Waals surface area contributed by atoms with Gasteiger partial charge in [0.25, 0.3) is 0 Å². The van der Waals surface area contributed by atoms with Crippen LogP contribution in [0.3, 0.4) is 0 Å². The largest absolute Gasteiger partial charge is 0.393 e. The summed E-state index contributed by atoms with van der Waals surface area (Å²) < 4.78 is 0. The van der Waals surface area contributed by atoms with Gasteiger partial charge in [-0.15, -0.1) is 0 Å². The van der Waals surface area contributed by atoms with Crippen LogP contribution in [-0.2, 0) is 4.79 Å². The number of carbonyl (C=O) groups excluding carboxylic acids is 1. The Morgan fingerprint density at radius 2 is 2.44 bits per heavy atom. The van der Waals surface area contributed by atoms with Crippen LogP contribution >= 0.6 is 0 Å². The highest BCUT2D eigenvalue weighted by molar-refractivity contribution is 5.79. The molecular weight excluding hydrogens is 118 g/mol. The van der Waals surface area contributed by atoms with Crippen LogP contribution in [0.2, 0.25) is 0 Å². The molecule has 2 fully saturated rings. The fraction of sp³-hybridized carbons (Fsp3) is 0.833. The number of amides is 1. The van der Waals surface area contributed by atoms with E-state index < -0.39 is 0 Å². The first-order valence-electron chi connectivity index (χ1n) is 3.25. The molecule has 0 aromatic carbocycles. The minimum Gasteiger partial charge on any atom is -0.393 e. The van der Waals surface area contributed by atoms with E-state index in [2.05, 4.69) is 5.32 Å². The Hall–Kier alpha value is -0.570. The first kappa shape index (κ1) is 5.23. The number of nitrogens with one attached hydrogen (secondary N) is 1. The molecule has 9 heavy (non-hydrogen) atoms. The first-order chi connectivity index (χ1) is 4.27. The van der Waals surface area contributed by atoms with Crippen LogP contribution < -0.4 is 5.32 Å². The van der Waals surface area contributed by atoms with Crippen molar-refractivity contribution in [1.82, 2.24) is 5.32 Å². The van der Waals surface area contributed by atoms with E-state index in [0.717, 1.165) is 6.42 Å². The van der Waals surface area contributed by atoms with Gasteiger partial charge >= 0.3 is 0 Å². The summed E-state index contributed by atoms with van der Waals surface area (Å²) in [4.78, 5) is 10.6. The van der Waals surface area contributed by atoms with Gasteiger partial charge in [-0.3, -0.25) is 4.79 Å².